The molecule has 0 aliphatic carbocycles. The van der Waals surface area contributed by atoms with Crippen molar-refractivity contribution in [2.75, 3.05) is 6.61 Å². The molecular formula is C16H42O4SiZr. The maximum absolute atomic E-state index is 10.5. The van der Waals surface area contributed by atoms with Crippen LogP contribution in [0.15, 0.2) is 0 Å². The van der Waals surface area contributed by atoms with Crippen LogP contribution in [-0.4, -0.2) is 35.8 Å². The molecule has 0 unspecified atom stereocenters. The predicted molar refractivity (Wildman–Crippen MR) is 96.3 cm³/mol. The first-order valence-corrected chi connectivity index (χ1v) is 10.9. The largest absolute Gasteiger partial charge is 0.432 e. The van der Waals surface area contributed by atoms with E-state index in [1.54, 1.807) is 0 Å². The van der Waals surface area contributed by atoms with Gasteiger partial charge >= 0.3 is 0 Å². The van der Waals surface area contributed by atoms with E-state index in [4.69, 9.17) is 5.11 Å². The van der Waals surface area contributed by atoms with Crippen molar-refractivity contribution in [1.82, 2.24) is 0 Å². The van der Waals surface area contributed by atoms with Crippen LogP contribution in [0.4, 0.5) is 0 Å². The van der Waals surface area contributed by atoms with Crippen molar-refractivity contribution >= 4 is 8.32 Å². The normalized spacial score (nSPS) is 9.82. The van der Waals surface area contributed by atoms with Crippen LogP contribution >= 0.6 is 0 Å². The molecule has 0 amide bonds. The van der Waals surface area contributed by atoms with Gasteiger partial charge in [-0.2, -0.15) is 0 Å². The molecule has 0 radical (unpaired) electrons. The summed E-state index contributed by atoms with van der Waals surface area (Å²) in [7, 11) is -1.81. The van der Waals surface area contributed by atoms with E-state index in [-0.39, 0.29) is 37.2 Å². The van der Waals surface area contributed by atoms with Crippen molar-refractivity contribution in [3.63, 3.8) is 0 Å². The quantitative estimate of drug-likeness (QED) is 0.532. The van der Waals surface area contributed by atoms with E-state index in [0.29, 0.717) is 12.5 Å². The minimum atomic E-state index is -1.81. The molecule has 0 fully saturated rings. The maximum atomic E-state index is 10.5. The fourth-order valence-electron chi connectivity index (χ4n) is 1.89. The number of hydrogen-bond acceptors (Lipinski definition) is 2. The Hall–Kier alpha value is 0.940. The van der Waals surface area contributed by atoms with Gasteiger partial charge < -0.3 is 20.9 Å². The third-order valence-corrected chi connectivity index (χ3v) is 7.21. The average molecular weight is 418 g/mol. The Morgan fingerprint density at radius 1 is 0.773 bits per heavy atom. The van der Waals surface area contributed by atoms with Gasteiger partial charge in [0, 0.05) is 32.8 Å². The van der Waals surface area contributed by atoms with Crippen LogP contribution < -0.4 is 0 Å². The average Bonchev–Trinajstić information content (AvgIpc) is 2.41. The zero-order valence-electron chi connectivity index (χ0n) is 15.5. The first kappa shape index (κ1) is 34.3. The number of rotatable bonds is 10. The van der Waals surface area contributed by atoms with Crippen LogP contribution in [0.3, 0.4) is 0 Å². The van der Waals surface area contributed by atoms with Crippen LogP contribution in [-0.2, 0) is 26.2 Å². The molecule has 0 saturated carbocycles. The molecule has 6 heteroatoms. The Labute approximate surface area is 159 Å². The van der Waals surface area contributed by atoms with Gasteiger partial charge in [0.25, 0.3) is 0 Å². The smallest absolute Gasteiger partial charge is 0.188 e. The van der Waals surface area contributed by atoms with Crippen molar-refractivity contribution in [1.29, 1.82) is 0 Å². The van der Waals surface area contributed by atoms with Gasteiger partial charge in [0.15, 0.2) is 8.32 Å². The van der Waals surface area contributed by atoms with E-state index in [1.165, 1.54) is 38.5 Å². The van der Waals surface area contributed by atoms with Gasteiger partial charge in [-0.1, -0.05) is 73.1 Å². The summed E-state index contributed by atoms with van der Waals surface area (Å²) < 4.78 is 0. The summed E-state index contributed by atoms with van der Waals surface area (Å²) in [6.45, 7) is 10.9. The van der Waals surface area contributed by atoms with Crippen LogP contribution in [0.25, 0.3) is 0 Å². The summed E-state index contributed by atoms with van der Waals surface area (Å²) in [4.78, 5) is 10.5. The Morgan fingerprint density at radius 3 is 1.14 bits per heavy atom. The van der Waals surface area contributed by atoms with Gasteiger partial charge in [-0.05, 0) is 24.1 Å². The molecule has 0 saturated heterocycles. The van der Waals surface area contributed by atoms with Gasteiger partial charge in [0.2, 0.25) is 0 Å². The minimum Gasteiger partial charge on any atom is -0.432 e. The number of aliphatic hydroxyl groups excluding tert-OH is 1. The Bertz CT molecular complexity index is 162. The third-order valence-electron chi connectivity index (χ3n) is 3.35. The molecule has 0 atom stereocenters. The number of hydrogen-bond donors (Lipinski definition) is 2. The molecule has 0 aromatic heterocycles. The van der Waals surface area contributed by atoms with E-state index in [2.05, 4.69) is 20.8 Å². The molecule has 0 heterocycles. The maximum Gasteiger partial charge on any atom is 0.188 e. The van der Waals surface area contributed by atoms with Crippen molar-refractivity contribution in [2.24, 2.45) is 5.92 Å². The molecule has 138 valence electrons. The summed E-state index contributed by atoms with van der Waals surface area (Å²) >= 11 is 0. The van der Waals surface area contributed by atoms with Gasteiger partial charge in [-0.25, -0.2) is 0 Å². The van der Waals surface area contributed by atoms with Crippen LogP contribution in [0.5, 0.6) is 0 Å². The Balaban J connectivity index is -0.000000105. The van der Waals surface area contributed by atoms with E-state index < -0.39 is 8.32 Å². The van der Waals surface area contributed by atoms with Crippen molar-refractivity contribution in [3.8, 4) is 0 Å². The Kier molecular flexibility index (Phi) is 37.7. The van der Waals surface area contributed by atoms with E-state index in [1.807, 2.05) is 13.8 Å². The standard InChI is InChI=1S/C12H28OSi.C4H10O.2H2O.Zr/c1-4-7-10-14(13,11-8-5-2)12-9-6-3;1-4(2)3-5;;;/h13H,4-12H2,1-3H3;4-5H,3H2,1-2H3;2*1H2;. The van der Waals surface area contributed by atoms with Crippen molar-refractivity contribution < 1.29 is 47.1 Å². The molecule has 0 rings (SSSR count). The second kappa shape index (κ2) is 24.2. The Morgan fingerprint density at radius 2 is 1.00 bits per heavy atom. The summed E-state index contributed by atoms with van der Waals surface area (Å²) in [5.74, 6) is 0.440. The zero-order chi connectivity index (χ0) is 15.1. The summed E-state index contributed by atoms with van der Waals surface area (Å²) in [5, 5.41) is 8.14. The van der Waals surface area contributed by atoms with E-state index in [9.17, 15) is 4.80 Å². The SMILES string of the molecule is CC(C)CO.CCCC[Si](O)(CCCC)CCCC.O.O.[Zr]. The second-order valence-electron chi connectivity index (χ2n) is 6.11. The fraction of sp³-hybridized carbons (Fsp3) is 1.00. The van der Waals surface area contributed by atoms with Crippen LogP contribution in [0, 0.1) is 5.92 Å². The second-order valence-corrected chi connectivity index (χ2v) is 10.1. The first-order valence-electron chi connectivity index (χ1n) is 8.28. The molecule has 6 N–H and O–H groups in total. The predicted octanol–water partition coefficient (Wildman–Crippen LogP) is 3.31. The van der Waals surface area contributed by atoms with Gasteiger partial charge in [-0.15, -0.1) is 0 Å². The minimum absolute atomic E-state index is 0. The monoisotopic (exact) mass is 416 g/mol. The van der Waals surface area contributed by atoms with Crippen LogP contribution in [0.2, 0.25) is 18.1 Å². The topological polar surface area (TPSA) is 103 Å². The van der Waals surface area contributed by atoms with Crippen LogP contribution in [0.1, 0.15) is 73.1 Å². The zero-order valence-corrected chi connectivity index (χ0v) is 19.0. The summed E-state index contributed by atoms with van der Waals surface area (Å²) in [6.07, 6.45) is 7.39. The molecular weight excluding hydrogens is 375 g/mol. The molecule has 22 heavy (non-hydrogen) atoms. The number of unbranched alkanes of at least 4 members (excludes halogenated alkanes) is 3. The molecule has 0 aliphatic rings. The van der Waals surface area contributed by atoms with E-state index >= 15 is 0 Å². The fourth-order valence-corrected chi connectivity index (χ4v) is 5.68. The molecule has 0 aromatic carbocycles. The number of aliphatic hydroxyl groups is 1. The molecule has 0 bridgehead atoms. The van der Waals surface area contributed by atoms with Gasteiger partial charge in [0.05, 0.1) is 0 Å². The first-order chi connectivity index (χ1) is 8.95. The molecule has 4 nitrogen and oxygen atoms in total. The third kappa shape index (κ3) is 25.9. The summed E-state index contributed by atoms with van der Waals surface area (Å²) in [5.41, 5.74) is 0. The molecule has 0 spiro atoms. The molecule has 0 aliphatic heterocycles. The molecule has 0 aromatic rings. The van der Waals surface area contributed by atoms with Gasteiger partial charge in [-0.3, -0.25) is 0 Å². The summed E-state index contributed by atoms with van der Waals surface area (Å²) in [6, 6.07) is 3.43. The van der Waals surface area contributed by atoms with Crippen molar-refractivity contribution in [2.45, 2.75) is 91.3 Å². The van der Waals surface area contributed by atoms with Gasteiger partial charge in [0.1, 0.15) is 0 Å². The van der Waals surface area contributed by atoms with Crippen molar-refractivity contribution in [3.05, 3.63) is 0 Å². The van der Waals surface area contributed by atoms with E-state index in [0.717, 1.165) is 18.1 Å².